The lowest BCUT2D eigenvalue weighted by Crippen LogP contribution is -2.32. The molecule has 7 heteroatoms. The number of halogens is 1. The Morgan fingerprint density at radius 2 is 2.00 bits per heavy atom. The second-order valence-electron chi connectivity index (χ2n) is 3.79. The predicted molar refractivity (Wildman–Crippen MR) is 74.1 cm³/mol. The molecule has 0 aromatic heterocycles. The molecule has 0 spiro atoms. The zero-order chi connectivity index (χ0) is 15.3. The number of aryl methyl sites for hydroxylation is 1. The van der Waals surface area contributed by atoms with E-state index in [4.69, 9.17) is 5.21 Å². The van der Waals surface area contributed by atoms with Crippen molar-refractivity contribution in [3.63, 3.8) is 0 Å². The third kappa shape index (κ3) is 3.51. The molecule has 0 saturated carbocycles. The van der Waals surface area contributed by atoms with E-state index < -0.39 is 23.2 Å². The van der Waals surface area contributed by atoms with Crippen molar-refractivity contribution >= 4 is 39.2 Å². The molecule has 0 aliphatic carbocycles. The minimum absolute atomic E-state index is 0.0205. The normalized spacial score (nSPS) is 11.1. The van der Waals surface area contributed by atoms with E-state index in [1.807, 2.05) is 0 Å². The molecule has 0 radical (unpaired) electrons. The molecule has 0 aliphatic rings. The van der Waals surface area contributed by atoms with Crippen LogP contribution in [-0.2, 0) is 14.3 Å². The molecule has 0 saturated heterocycles. The maximum atomic E-state index is 12.2. The van der Waals surface area contributed by atoms with Gasteiger partial charge >= 0.3 is 5.97 Å². The standard InChI is InChI=1S/C13H12BrNO5/c1-3-20-13(18)12(17)10(15-19)11(16)9-6-8(14)5-4-7(9)2/h4-6,19H,3H2,1-2H3/b15-10+. The average molecular weight is 342 g/mol. The number of ketones is 2. The van der Waals surface area contributed by atoms with Crippen molar-refractivity contribution in [3.05, 3.63) is 33.8 Å². The van der Waals surface area contributed by atoms with E-state index in [2.05, 4.69) is 25.8 Å². The van der Waals surface area contributed by atoms with Gasteiger partial charge in [0, 0.05) is 10.0 Å². The summed E-state index contributed by atoms with van der Waals surface area (Å²) in [5, 5.41) is 11.5. The van der Waals surface area contributed by atoms with Crippen molar-refractivity contribution in [3.8, 4) is 0 Å². The maximum Gasteiger partial charge on any atom is 0.381 e. The number of hydrogen-bond donors (Lipinski definition) is 1. The van der Waals surface area contributed by atoms with Crippen LogP contribution in [0.4, 0.5) is 0 Å². The van der Waals surface area contributed by atoms with Crippen LogP contribution in [0.3, 0.4) is 0 Å². The van der Waals surface area contributed by atoms with E-state index in [9.17, 15) is 14.4 Å². The van der Waals surface area contributed by atoms with E-state index in [0.29, 0.717) is 10.0 Å². The van der Waals surface area contributed by atoms with Gasteiger partial charge in [-0.3, -0.25) is 9.59 Å². The van der Waals surface area contributed by atoms with Gasteiger partial charge in [-0.2, -0.15) is 0 Å². The summed E-state index contributed by atoms with van der Waals surface area (Å²) >= 11 is 3.20. The molecular weight excluding hydrogens is 330 g/mol. The van der Waals surface area contributed by atoms with Gasteiger partial charge in [0.15, 0.2) is 0 Å². The number of ether oxygens (including phenoxy) is 1. The van der Waals surface area contributed by atoms with E-state index in [0.717, 1.165) is 0 Å². The maximum absolute atomic E-state index is 12.2. The van der Waals surface area contributed by atoms with Crippen LogP contribution in [0.1, 0.15) is 22.8 Å². The number of oxime groups is 1. The van der Waals surface area contributed by atoms with E-state index in [-0.39, 0.29) is 12.2 Å². The quantitative estimate of drug-likeness (QED) is 0.168. The van der Waals surface area contributed by atoms with Gasteiger partial charge in [-0.1, -0.05) is 27.2 Å². The number of esters is 1. The van der Waals surface area contributed by atoms with Crippen LogP contribution in [0.15, 0.2) is 27.8 Å². The van der Waals surface area contributed by atoms with Crippen molar-refractivity contribution < 1.29 is 24.3 Å². The molecule has 0 heterocycles. The van der Waals surface area contributed by atoms with Crippen LogP contribution >= 0.6 is 15.9 Å². The van der Waals surface area contributed by atoms with E-state index in [1.165, 1.54) is 13.0 Å². The highest BCUT2D eigenvalue weighted by Gasteiger charge is 2.30. The topological polar surface area (TPSA) is 93.0 Å². The minimum Gasteiger partial charge on any atom is -0.460 e. The minimum atomic E-state index is -1.28. The third-order valence-corrected chi connectivity index (χ3v) is 2.93. The summed E-state index contributed by atoms with van der Waals surface area (Å²) in [6.45, 7) is 3.15. The van der Waals surface area contributed by atoms with E-state index >= 15 is 0 Å². The molecule has 0 bridgehead atoms. The van der Waals surface area contributed by atoms with Crippen molar-refractivity contribution in [2.24, 2.45) is 5.16 Å². The van der Waals surface area contributed by atoms with Gasteiger partial charge in [0.1, 0.15) is 0 Å². The van der Waals surface area contributed by atoms with Crippen molar-refractivity contribution in [2.75, 3.05) is 6.61 Å². The van der Waals surface area contributed by atoms with Crippen molar-refractivity contribution in [1.29, 1.82) is 0 Å². The lowest BCUT2D eigenvalue weighted by Gasteiger charge is -2.06. The number of carbonyl (C=O) groups is 3. The predicted octanol–water partition coefficient (Wildman–Crippen LogP) is 1.90. The first-order chi connectivity index (χ1) is 9.42. The molecule has 0 aliphatic heterocycles. The van der Waals surface area contributed by atoms with Crippen LogP contribution in [0, 0.1) is 6.92 Å². The Labute approximate surface area is 123 Å². The highest BCUT2D eigenvalue weighted by molar-refractivity contribution is 9.10. The third-order valence-electron chi connectivity index (χ3n) is 2.44. The Balaban J connectivity index is 3.14. The Hall–Kier alpha value is -2.02. The Kier molecular flexibility index (Phi) is 5.57. The SMILES string of the molecule is CCOC(=O)C(=O)/C(=N/O)C(=O)c1cc(Br)ccc1C. The second-order valence-corrected chi connectivity index (χ2v) is 4.70. The summed E-state index contributed by atoms with van der Waals surface area (Å²) in [7, 11) is 0. The molecule has 1 N–H and O–H groups in total. The lowest BCUT2D eigenvalue weighted by molar-refractivity contribution is -0.150. The number of rotatable bonds is 5. The van der Waals surface area contributed by atoms with Crippen LogP contribution in [0.2, 0.25) is 0 Å². The number of Topliss-reactive ketones (excluding diaryl/α,β-unsaturated/α-hetero) is 2. The number of benzene rings is 1. The van der Waals surface area contributed by atoms with Gasteiger partial charge in [0.25, 0.3) is 5.78 Å². The summed E-state index contributed by atoms with van der Waals surface area (Å²) in [5.74, 6) is -3.36. The van der Waals surface area contributed by atoms with Gasteiger partial charge in [-0.25, -0.2) is 4.79 Å². The molecule has 1 aromatic carbocycles. The van der Waals surface area contributed by atoms with Gasteiger partial charge in [-0.15, -0.1) is 0 Å². The van der Waals surface area contributed by atoms with Crippen molar-refractivity contribution in [2.45, 2.75) is 13.8 Å². The van der Waals surface area contributed by atoms with Gasteiger partial charge in [0.05, 0.1) is 6.61 Å². The molecule has 106 valence electrons. The van der Waals surface area contributed by atoms with Crippen LogP contribution in [-0.4, -0.2) is 35.1 Å². The van der Waals surface area contributed by atoms with Gasteiger partial charge < -0.3 is 9.94 Å². The molecule has 20 heavy (non-hydrogen) atoms. The smallest absolute Gasteiger partial charge is 0.381 e. The largest absolute Gasteiger partial charge is 0.460 e. The Bertz CT molecular complexity index is 594. The first-order valence-electron chi connectivity index (χ1n) is 5.66. The summed E-state index contributed by atoms with van der Waals surface area (Å²) in [6, 6.07) is 4.84. The molecule has 0 unspecified atom stereocenters. The van der Waals surface area contributed by atoms with Crippen LogP contribution < -0.4 is 0 Å². The molecule has 0 amide bonds. The molecule has 0 fully saturated rings. The zero-order valence-corrected chi connectivity index (χ0v) is 12.4. The fourth-order valence-electron chi connectivity index (χ4n) is 1.45. The first-order valence-corrected chi connectivity index (χ1v) is 6.46. The van der Waals surface area contributed by atoms with Gasteiger partial charge in [0.2, 0.25) is 11.5 Å². The highest BCUT2D eigenvalue weighted by Crippen LogP contribution is 2.17. The van der Waals surface area contributed by atoms with Gasteiger partial charge in [-0.05, 0) is 31.5 Å². The summed E-state index contributed by atoms with van der Waals surface area (Å²) in [4.78, 5) is 35.1. The Morgan fingerprint density at radius 3 is 2.55 bits per heavy atom. The summed E-state index contributed by atoms with van der Waals surface area (Å²) in [6.07, 6.45) is 0. The molecule has 1 rings (SSSR count). The molecular formula is C13H12BrNO5. The zero-order valence-electron chi connectivity index (χ0n) is 10.8. The second kappa shape index (κ2) is 6.95. The van der Waals surface area contributed by atoms with Crippen molar-refractivity contribution in [1.82, 2.24) is 0 Å². The Morgan fingerprint density at radius 1 is 1.35 bits per heavy atom. The molecule has 0 atom stereocenters. The number of nitrogens with zero attached hydrogens (tertiary/aromatic N) is 1. The molecule has 1 aromatic rings. The number of carbonyl (C=O) groups excluding carboxylic acids is 3. The number of hydrogen-bond acceptors (Lipinski definition) is 6. The fraction of sp³-hybridized carbons (Fsp3) is 0.231. The fourth-order valence-corrected chi connectivity index (χ4v) is 1.81. The van der Waals surface area contributed by atoms with Crippen LogP contribution in [0.5, 0.6) is 0 Å². The lowest BCUT2D eigenvalue weighted by atomic mass is 9.99. The highest BCUT2D eigenvalue weighted by atomic mass is 79.9. The first kappa shape index (κ1) is 16.0. The summed E-state index contributed by atoms with van der Waals surface area (Å²) in [5.41, 5.74) is -0.134. The molecule has 6 nitrogen and oxygen atoms in total. The summed E-state index contributed by atoms with van der Waals surface area (Å²) < 4.78 is 5.10. The van der Waals surface area contributed by atoms with Crippen LogP contribution in [0.25, 0.3) is 0 Å². The van der Waals surface area contributed by atoms with E-state index in [1.54, 1.807) is 19.1 Å². The monoisotopic (exact) mass is 341 g/mol. The average Bonchev–Trinajstić information content (AvgIpc) is 2.42.